The molecule has 1 unspecified atom stereocenters. The smallest absolute Gasteiger partial charge is 0.262 e. The third-order valence-electron chi connectivity index (χ3n) is 11.0. The van der Waals surface area contributed by atoms with Gasteiger partial charge < -0.3 is 19.3 Å². The molecule has 0 aromatic heterocycles. The van der Waals surface area contributed by atoms with E-state index in [1.165, 1.54) is 11.1 Å². The van der Waals surface area contributed by atoms with Crippen LogP contribution >= 0.6 is 11.6 Å². The first-order chi connectivity index (χ1) is 22.9. The highest BCUT2D eigenvalue weighted by molar-refractivity contribution is 7.99. The summed E-state index contributed by atoms with van der Waals surface area (Å²) in [6, 6.07) is 11.8. The lowest BCUT2D eigenvalue weighted by molar-refractivity contribution is -0.148. The van der Waals surface area contributed by atoms with Gasteiger partial charge in [0, 0.05) is 48.4 Å². The van der Waals surface area contributed by atoms with Crippen LogP contribution in [0.15, 0.2) is 48.6 Å². The summed E-state index contributed by atoms with van der Waals surface area (Å²) >= 11 is 6.46. The van der Waals surface area contributed by atoms with Gasteiger partial charge in [0.1, 0.15) is 11.9 Å². The number of carbonyl (C=O) groups excluding carboxylic acids is 2. The summed E-state index contributed by atoms with van der Waals surface area (Å²) in [4.78, 5) is 30.7. The molecular weight excluding hydrogens is 646 g/mol. The molecule has 4 aliphatic rings. The largest absolute Gasteiger partial charge is 0.490 e. The number of hydrogen-bond donors (Lipinski definition) is 1. The van der Waals surface area contributed by atoms with Crippen molar-refractivity contribution in [2.45, 2.75) is 88.1 Å². The maximum Gasteiger partial charge on any atom is 0.262 e. The topological polar surface area (TPSA) is 88.2 Å². The van der Waals surface area contributed by atoms with Gasteiger partial charge in [0.25, 0.3) is 11.8 Å². The van der Waals surface area contributed by atoms with Crippen molar-refractivity contribution >= 4 is 44.7 Å². The molecule has 8 nitrogen and oxygen atoms in total. The molecule has 1 saturated carbocycles. The van der Waals surface area contributed by atoms with Crippen LogP contribution in [0, 0.1) is 11.8 Å². The minimum atomic E-state index is -2.92. The second-order valence-electron chi connectivity index (χ2n) is 14.5. The number of amides is 2. The molecule has 48 heavy (non-hydrogen) atoms. The van der Waals surface area contributed by atoms with Crippen LogP contribution in [0.25, 0.3) is 0 Å². The molecule has 2 bridgehead atoms. The number of aryl methyl sites for hydroxylation is 1. The number of allylic oxidation sites excluding steroid dienone is 1. The molecule has 2 aromatic rings. The van der Waals surface area contributed by atoms with Crippen molar-refractivity contribution in [3.63, 3.8) is 0 Å². The number of nitrogens with one attached hydrogen (secondary N) is 1. The Labute approximate surface area is 291 Å². The summed E-state index contributed by atoms with van der Waals surface area (Å²) < 4.78 is 29.7. The van der Waals surface area contributed by atoms with Crippen molar-refractivity contribution in [2.24, 2.45) is 11.8 Å². The van der Waals surface area contributed by atoms with Crippen LogP contribution in [0.5, 0.6) is 5.75 Å². The SMILES string of the molecule is C=S1(=O)NC(=O)c2ccc3c(c2)N(C[C@@H]2CC[C@H]2[C@@H](O[C@@H](CC)C(=O)N(C)C)/C=C/CC[C@H]1C)C[C@@]1(CCCc2cc(Cl)ccc21)CO3. The quantitative estimate of drug-likeness (QED) is 0.303. The van der Waals surface area contributed by atoms with Gasteiger partial charge in [-0.15, -0.1) is 0 Å². The molecule has 10 heteroatoms. The molecule has 1 fully saturated rings. The average Bonchev–Trinajstić information content (AvgIpc) is 3.19. The Kier molecular flexibility index (Phi) is 10.2. The number of nitrogens with zero attached hydrogens (tertiary/aromatic N) is 2. The normalized spacial score (nSPS) is 31.6. The third-order valence-corrected chi connectivity index (χ3v) is 13.3. The Morgan fingerprint density at radius 2 is 2.04 bits per heavy atom. The molecule has 0 radical (unpaired) electrons. The molecule has 2 aliphatic heterocycles. The molecule has 2 amide bonds. The van der Waals surface area contributed by atoms with Crippen LogP contribution in [0.3, 0.4) is 0 Å². The molecule has 1 spiro atoms. The van der Waals surface area contributed by atoms with Crippen LogP contribution < -0.4 is 14.4 Å². The van der Waals surface area contributed by atoms with Crippen molar-refractivity contribution in [3.8, 4) is 5.75 Å². The number of fused-ring (bicyclic) bond motifs is 4. The van der Waals surface area contributed by atoms with E-state index in [0.717, 1.165) is 61.7 Å². The van der Waals surface area contributed by atoms with Gasteiger partial charge in [-0.2, -0.15) is 0 Å². The van der Waals surface area contributed by atoms with Crippen molar-refractivity contribution in [2.75, 3.05) is 38.7 Å². The number of halogens is 1. The van der Waals surface area contributed by atoms with E-state index in [1.807, 2.05) is 32.0 Å². The summed E-state index contributed by atoms with van der Waals surface area (Å²) in [6.45, 7) is 5.86. The Morgan fingerprint density at radius 1 is 1.23 bits per heavy atom. The summed E-state index contributed by atoms with van der Waals surface area (Å²) in [5, 5.41) is 0.407. The number of carbonyl (C=O) groups is 2. The zero-order valence-electron chi connectivity index (χ0n) is 28.7. The lowest BCUT2D eigenvalue weighted by atomic mass is 9.68. The van der Waals surface area contributed by atoms with E-state index in [-0.39, 0.29) is 28.6 Å². The van der Waals surface area contributed by atoms with Gasteiger partial charge in [-0.3, -0.25) is 14.3 Å². The predicted octanol–water partition coefficient (Wildman–Crippen LogP) is 6.19. The van der Waals surface area contributed by atoms with E-state index >= 15 is 0 Å². The first-order valence-corrected chi connectivity index (χ1v) is 19.6. The number of anilines is 1. The molecule has 2 aromatic carbocycles. The van der Waals surface area contributed by atoms with E-state index in [1.54, 1.807) is 25.1 Å². The summed E-state index contributed by atoms with van der Waals surface area (Å²) in [5.74, 6) is 4.80. The number of rotatable bonds is 4. The van der Waals surface area contributed by atoms with Crippen molar-refractivity contribution in [1.29, 1.82) is 0 Å². The van der Waals surface area contributed by atoms with E-state index in [0.29, 0.717) is 37.4 Å². The Hall–Kier alpha value is -3.01. The first kappa shape index (κ1) is 34.8. The average molecular weight is 696 g/mol. The molecule has 1 N–H and O–H groups in total. The molecule has 6 rings (SSSR count). The van der Waals surface area contributed by atoms with E-state index in [4.69, 9.17) is 21.1 Å². The van der Waals surface area contributed by atoms with Crippen LogP contribution in [0.1, 0.15) is 80.3 Å². The zero-order chi connectivity index (χ0) is 34.2. The van der Waals surface area contributed by atoms with Gasteiger partial charge in [-0.05, 0) is 117 Å². The van der Waals surface area contributed by atoms with Crippen molar-refractivity contribution in [3.05, 3.63) is 70.3 Å². The van der Waals surface area contributed by atoms with E-state index in [9.17, 15) is 13.8 Å². The lowest BCUT2D eigenvalue weighted by Crippen LogP contribution is -2.50. The minimum Gasteiger partial charge on any atom is -0.490 e. The van der Waals surface area contributed by atoms with Gasteiger partial charge in [-0.25, -0.2) is 4.21 Å². The number of ether oxygens (including phenoxy) is 2. The maximum atomic E-state index is 13.7. The van der Waals surface area contributed by atoms with Crippen LogP contribution in [0.4, 0.5) is 5.69 Å². The molecule has 2 heterocycles. The van der Waals surface area contributed by atoms with Crippen LogP contribution in [-0.4, -0.2) is 78.0 Å². The summed E-state index contributed by atoms with van der Waals surface area (Å²) in [6.07, 6.45) is 10.3. The van der Waals surface area contributed by atoms with Gasteiger partial charge in [0.05, 0.1) is 28.1 Å². The highest BCUT2D eigenvalue weighted by atomic mass is 35.5. The molecule has 0 saturated heterocycles. The fourth-order valence-electron chi connectivity index (χ4n) is 7.96. The Balaban J connectivity index is 1.41. The molecular formula is C38H50ClN3O5S. The molecule has 2 aliphatic carbocycles. The lowest BCUT2D eigenvalue weighted by Gasteiger charge is -2.46. The fourth-order valence-corrected chi connectivity index (χ4v) is 9.30. The molecule has 7 atom stereocenters. The zero-order valence-corrected chi connectivity index (χ0v) is 30.3. The van der Waals surface area contributed by atoms with Gasteiger partial charge >= 0.3 is 0 Å². The second kappa shape index (κ2) is 14.1. The first-order valence-electron chi connectivity index (χ1n) is 17.4. The standard InChI is InChI=1S/C38H50ClN3O5S/c1-6-33(37(44)41(3)4)47-34-12-8-7-10-25(2)48(5,45)40-36(43)27-14-18-35-32(21-27)42(22-28-13-16-30(28)34)23-38(24-46-35)19-9-11-26-20-29(39)15-17-31(26)38/h8,12,14-15,17-18,20-21,25,28,30,33-34H,5-7,9-11,13,16,19,22-24H2,1-4H3,(H,40,43,45)/b12-8+/t25-,28+,30-,33+,34+,38+,48?/m1/s1. The van der Waals surface area contributed by atoms with Crippen LogP contribution in [-0.2, 0) is 31.1 Å². The second-order valence-corrected chi connectivity index (χ2v) is 17.4. The fraction of sp³-hybridized carbons (Fsp3) is 0.553. The maximum absolute atomic E-state index is 13.7. The van der Waals surface area contributed by atoms with Gasteiger partial charge in [0.15, 0.2) is 0 Å². The third kappa shape index (κ3) is 7.01. The monoisotopic (exact) mass is 695 g/mol. The Morgan fingerprint density at radius 3 is 2.77 bits per heavy atom. The van der Waals surface area contributed by atoms with Crippen LogP contribution in [0.2, 0.25) is 5.02 Å². The van der Waals surface area contributed by atoms with E-state index < -0.39 is 21.7 Å². The van der Waals surface area contributed by atoms with Crippen molar-refractivity contribution < 1.29 is 23.3 Å². The summed E-state index contributed by atoms with van der Waals surface area (Å²) in [7, 11) is 0.616. The summed E-state index contributed by atoms with van der Waals surface area (Å²) in [5.41, 5.74) is 3.60. The van der Waals surface area contributed by atoms with Gasteiger partial charge in [-0.1, -0.05) is 36.7 Å². The van der Waals surface area contributed by atoms with Gasteiger partial charge in [0.2, 0.25) is 0 Å². The predicted molar refractivity (Wildman–Crippen MR) is 195 cm³/mol. The highest BCUT2D eigenvalue weighted by Gasteiger charge is 2.45. The number of benzene rings is 2. The number of hydrogen-bond acceptors (Lipinski definition) is 6. The molecule has 260 valence electrons. The van der Waals surface area contributed by atoms with E-state index in [2.05, 4.69) is 39.8 Å². The van der Waals surface area contributed by atoms with Crippen molar-refractivity contribution in [1.82, 2.24) is 9.62 Å². The highest BCUT2D eigenvalue weighted by Crippen LogP contribution is 2.47. The number of likely N-dealkylation sites (N-methyl/N-ethyl adjacent to an activating group) is 1. The minimum absolute atomic E-state index is 0.0285. The Bertz CT molecular complexity index is 1680.